The lowest BCUT2D eigenvalue weighted by Gasteiger charge is -2.05. The highest BCUT2D eigenvalue weighted by Gasteiger charge is 2.17. The summed E-state index contributed by atoms with van der Waals surface area (Å²) >= 11 is 0. The van der Waals surface area contributed by atoms with Crippen molar-refractivity contribution in [3.05, 3.63) is 11.9 Å². The lowest BCUT2D eigenvalue weighted by atomic mass is 10.2. The molecule has 0 unspecified atom stereocenters. The maximum Gasteiger partial charge on any atom is 0.271 e. The number of anilines is 1. The predicted octanol–water partition coefficient (Wildman–Crippen LogP) is 0.596. The third-order valence-electron chi connectivity index (χ3n) is 2.10. The van der Waals surface area contributed by atoms with Gasteiger partial charge in [-0.25, -0.2) is 0 Å². The molecule has 0 fully saturated rings. The number of hydrogen-bond acceptors (Lipinski definition) is 3. The van der Waals surface area contributed by atoms with Crippen molar-refractivity contribution in [2.75, 3.05) is 5.32 Å². The average molecular weight is 224 g/mol. The van der Waals surface area contributed by atoms with E-state index in [0.717, 1.165) is 0 Å². The average Bonchev–Trinajstić information content (AvgIpc) is 2.61. The summed E-state index contributed by atoms with van der Waals surface area (Å²) in [7, 11) is 0. The van der Waals surface area contributed by atoms with Gasteiger partial charge in [0.05, 0.1) is 5.69 Å². The Morgan fingerprint density at radius 3 is 2.62 bits per heavy atom. The Kier molecular flexibility index (Phi) is 3.65. The number of nitrogens with zero attached hydrogens (tertiary/aromatic N) is 2. The van der Waals surface area contributed by atoms with Gasteiger partial charge < -0.3 is 11.1 Å². The summed E-state index contributed by atoms with van der Waals surface area (Å²) in [5.41, 5.74) is 5.63. The molecule has 1 heterocycles. The second-order valence-corrected chi connectivity index (χ2v) is 3.76. The maximum absolute atomic E-state index is 11.5. The van der Waals surface area contributed by atoms with Gasteiger partial charge in [0.1, 0.15) is 0 Å². The van der Waals surface area contributed by atoms with Gasteiger partial charge in [0.25, 0.3) is 5.91 Å². The summed E-state index contributed by atoms with van der Waals surface area (Å²) in [6, 6.07) is 0. The summed E-state index contributed by atoms with van der Waals surface area (Å²) < 4.78 is 1.55. The van der Waals surface area contributed by atoms with Crippen molar-refractivity contribution in [3.8, 4) is 0 Å². The smallest absolute Gasteiger partial charge is 0.271 e. The molecule has 3 N–H and O–H groups in total. The Hall–Kier alpha value is -1.85. The standard InChI is InChI=1S/C10H16N4O2/c1-4-14-5-7(8(13-14)9(11)15)12-10(16)6(2)3/h5-6H,4H2,1-3H3,(H2,11,15)(H,12,16). The monoisotopic (exact) mass is 224 g/mol. The van der Waals surface area contributed by atoms with Crippen LogP contribution >= 0.6 is 0 Å². The van der Waals surface area contributed by atoms with Crippen molar-refractivity contribution in [2.24, 2.45) is 11.7 Å². The highest BCUT2D eigenvalue weighted by Crippen LogP contribution is 2.14. The highest BCUT2D eigenvalue weighted by molar-refractivity contribution is 6.01. The fourth-order valence-electron chi connectivity index (χ4n) is 1.13. The van der Waals surface area contributed by atoms with E-state index >= 15 is 0 Å². The van der Waals surface area contributed by atoms with Crippen LogP contribution in [0.25, 0.3) is 0 Å². The minimum absolute atomic E-state index is 0.0934. The topological polar surface area (TPSA) is 90.0 Å². The first kappa shape index (κ1) is 12.2. The van der Waals surface area contributed by atoms with Crippen molar-refractivity contribution in [3.63, 3.8) is 0 Å². The number of carbonyl (C=O) groups excluding carboxylic acids is 2. The van der Waals surface area contributed by atoms with Crippen LogP contribution < -0.4 is 11.1 Å². The molecule has 1 aromatic rings. The van der Waals surface area contributed by atoms with Gasteiger partial charge in [0, 0.05) is 18.7 Å². The molecule has 0 saturated carbocycles. The number of aromatic nitrogens is 2. The van der Waals surface area contributed by atoms with Gasteiger partial charge >= 0.3 is 0 Å². The van der Waals surface area contributed by atoms with E-state index in [4.69, 9.17) is 5.73 Å². The first-order chi connectivity index (χ1) is 7.45. The van der Waals surface area contributed by atoms with E-state index < -0.39 is 5.91 Å². The van der Waals surface area contributed by atoms with E-state index in [9.17, 15) is 9.59 Å². The van der Waals surface area contributed by atoms with Gasteiger partial charge in [-0.05, 0) is 6.92 Å². The normalized spacial score (nSPS) is 10.5. The summed E-state index contributed by atoms with van der Waals surface area (Å²) in [5.74, 6) is -0.977. The molecule has 88 valence electrons. The maximum atomic E-state index is 11.5. The Balaban J connectivity index is 2.98. The van der Waals surface area contributed by atoms with Crippen molar-refractivity contribution in [1.82, 2.24) is 9.78 Å². The largest absolute Gasteiger partial charge is 0.364 e. The van der Waals surface area contributed by atoms with Crippen molar-refractivity contribution in [2.45, 2.75) is 27.3 Å². The first-order valence-electron chi connectivity index (χ1n) is 5.13. The van der Waals surface area contributed by atoms with E-state index in [1.807, 2.05) is 6.92 Å². The zero-order chi connectivity index (χ0) is 12.3. The summed E-state index contributed by atoms with van der Waals surface area (Å²) in [4.78, 5) is 22.6. The van der Waals surface area contributed by atoms with Crippen LogP contribution in [0.5, 0.6) is 0 Å². The fraction of sp³-hybridized carbons (Fsp3) is 0.500. The summed E-state index contributed by atoms with van der Waals surface area (Å²) in [6.45, 7) is 6.02. The Morgan fingerprint density at radius 1 is 1.56 bits per heavy atom. The number of primary amides is 1. The summed E-state index contributed by atoms with van der Waals surface area (Å²) in [5, 5.41) is 6.59. The van der Waals surface area contributed by atoms with Crippen molar-refractivity contribution >= 4 is 17.5 Å². The Morgan fingerprint density at radius 2 is 2.19 bits per heavy atom. The zero-order valence-corrected chi connectivity index (χ0v) is 9.65. The Bertz CT molecular complexity index is 409. The molecule has 1 aromatic heterocycles. The minimum atomic E-state index is -0.647. The van der Waals surface area contributed by atoms with Crippen LogP contribution in [0.1, 0.15) is 31.3 Å². The van der Waals surface area contributed by atoms with E-state index in [1.54, 1.807) is 24.7 Å². The molecule has 16 heavy (non-hydrogen) atoms. The molecule has 1 rings (SSSR count). The minimum Gasteiger partial charge on any atom is -0.364 e. The molecule has 6 nitrogen and oxygen atoms in total. The highest BCUT2D eigenvalue weighted by atomic mass is 16.2. The van der Waals surface area contributed by atoms with Gasteiger partial charge in [-0.1, -0.05) is 13.8 Å². The van der Waals surface area contributed by atoms with E-state index in [2.05, 4.69) is 10.4 Å². The SMILES string of the molecule is CCn1cc(NC(=O)C(C)C)c(C(N)=O)n1. The molecule has 2 amide bonds. The second-order valence-electron chi connectivity index (χ2n) is 3.76. The molecule has 0 atom stereocenters. The number of hydrogen-bond donors (Lipinski definition) is 2. The molecule has 0 radical (unpaired) electrons. The number of rotatable bonds is 4. The zero-order valence-electron chi connectivity index (χ0n) is 9.65. The third-order valence-corrected chi connectivity index (χ3v) is 2.10. The van der Waals surface area contributed by atoms with Crippen molar-refractivity contribution in [1.29, 1.82) is 0 Å². The van der Waals surface area contributed by atoms with Gasteiger partial charge in [0.15, 0.2) is 5.69 Å². The van der Waals surface area contributed by atoms with Gasteiger partial charge in [0.2, 0.25) is 5.91 Å². The van der Waals surface area contributed by atoms with Gasteiger partial charge in [-0.3, -0.25) is 14.3 Å². The predicted molar refractivity (Wildman–Crippen MR) is 59.9 cm³/mol. The molecule has 6 heteroatoms. The van der Waals surface area contributed by atoms with Crippen LogP contribution in [-0.2, 0) is 11.3 Å². The lowest BCUT2D eigenvalue weighted by molar-refractivity contribution is -0.118. The molecule has 0 spiro atoms. The van der Waals surface area contributed by atoms with Crippen LogP contribution in [0.2, 0.25) is 0 Å². The second kappa shape index (κ2) is 4.78. The van der Waals surface area contributed by atoms with Crippen molar-refractivity contribution < 1.29 is 9.59 Å². The number of aryl methyl sites for hydroxylation is 1. The van der Waals surface area contributed by atoms with Gasteiger partial charge in [-0.15, -0.1) is 0 Å². The molecule has 0 aliphatic heterocycles. The van der Waals surface area contributed by atoms with Crippen LogP contribution in [0.3, 0.4) is 0 Å². The lowest BCUT2D eigenvalue weighted by Crippen LogP contribution is -2.21. The van der Waals surface area contributed by atoms with Crippen LogP contribution in [0.4, 0.5) is 5.69 Å². The molecule has 0 bridgehead atoms. The number of nitrogens with one attached hydrogen (secondary N) is 1. The molecule has 0 aromatic carbocycles. The van der Waals surface area contributed by atoms with Crippen LogP contribution in [0, 0.1) is 5.92 Å². The third kappa shape index (κ3) is 2.59. The molecule has 0 saturated heterocycles. The fourth-order valence-corrected chi connectivity index (χ4v) is 1.13. The van der Waals surface area contributed by atoms with E-state index in [0.29, 0.717) is 12.2 Å². The van der Waals surface area contributed by atoms with Gasteiger partial charge in [-0.2, -0.15) is 5.10 Å². The van der Waals surface area contributed by atoms with Crippen LogP contribution in [0.15, 0.2) is 6.20 Å². The first-order valence-corrected chi connectivity index (χ1v) is 5.13. The quantitative estimate of drug-likeness (QED) is 0.784. The Labute approximate surface area is 93.8 Å². The van der Waals surface area contributed by atoms with Crippen LogP contribution in [-0.4, -0.2) is 21.6 Å². The molecule has 0 aliphatic rings. The molecular formula is C10H16N4O2. The van der Waals surface area contributed by atoms with E-state index in [1.165, 1.54) is 0 Å². The molecular weight excluding hydrogens is 208 g/mol. The summed E-state index contributed by atoms with van der Waals surface area (Å²) in [6.07, 6.45) is 1.60. The molecule has 0 aliphatic carbocycles. The number of carbonyl (C=O) groups is 2. The number of amides is 2. The van der Waals surface area contributed by atoms with E-state index in [-0.39, 0.29) is 17.5 Å². The number of nitrogens with two attached hydrogens (primary N) is 1.